The fraction of sp³-hybridized carbons (Fsp3) is 0. The number of halogens is 1. The number of nitrogens with zero attached hydrogens (tertiary/aromatic N) is 1. The molecule has 0 aliphatic rings. The molecule has 1 aromatic rings. The van der Waals surface area contributed by atoms with Gasteiger partial charge < -0.3 is 0 Å². The second kappa shape index (κ2) is 5.32. The SMILES string of the molecule is C=C.O=Cc1nc(Br)cs1. The third-order valence-electron chi connectivity index (χ3n) is 0.595. The molecule has 4 heteroatoms. The van der Waals surface area contributed by atoms with Gasteiger partial charge in [-0.2, -0.15) is 0 Å². The van der Waals surface area contributed by atoms with Crippen molar-refractivity contribution < 1.29 is 4.79 Å². The van der Waals surface area contributed by atoms with Gasteiger partial charge in [0.2, 0.25) is 0 Å². The number of rotatable bonds is 1. The van der Waals surface area contributed by atoms with Crippen molar-refractivity contribution in [3.05, 3.63) is 28.1 Å². The van der Waals surface area contributed by atoms with Crippen LogP contribution in [0.2, 0.25) is 0 Å². The van der Waals surface area contributed by atoms with Crippen LogP contribution in [0.25, 0.3) is 0 Å². The predicted octanol–water partition coefficient (Wildman–Crippen LogP) is 2.52. The summed E-state index contributed by atoms with van der Waals surface area (Å²) < 4.78 is 0.726. The normalized spacial score (nSPS) is 7.70. The molecule has 54 valence electrons. The predicted molar refractivity (Wildman–Crippen MR) is 46.5 cm³/mol. The van der Waals surface area contributed by atoms with Gasteiger partial charge in [-0.05, 0) is 15.9 Å². The first kappa shape index (κ1) is 9.52. The van der Waals surface area contributed by atoms with E-state index in [0.29, 0.717) is 5.01 Å². The van der Waals surface area contributed by atoms with Crippen molar-refractivity contribution in [3.63, 3.8) is 0 Å². The van der Waals surface area contributed by atoms with E-state index < -0.39 is 0 Å². The van der Waals surface area contributed by atoms with Gasteiger partial charge in [0.15, 0.2) is 11.3 Å². The molecule has 2 nitrogen and oxygen atoms in total. The van der Waals surface area contributed by atoms with Crippen molar-refractivity contribution >= 4 is 33.6 Å². The van der Waals surface area contributed by atoms with Crippen LogP contribution in [0.4, 0.5) is 0 Å². The van der Waals surface area contributed by atoms with Gasteiger partial charge in [0, 0.05) is 5.38 Å². The number of hydrogen-bond acceptors (Lipinski definition) is 3. The number of carbonyl (C=O) groups is 1. The molecule has 0 aliphatic heterocycles. The van der Waals surface area contributed by atoms with Crippen molar-refractivity contribution in [3.8, 4) is 0 Å². The first-order chi connectivity index (χ1) is 4.83. The largest absolute Gasteiger partial charge is 0.295 e. The van der Waals surface area contributed by atoms with Gasteiger partial charge in [-0.1, -0.05) is 0 Å². The molecule has 0 aliphatic carbocycles. The smallest absolute Gasteiger partial charge is 0.178 e. The molecule has 1 rings (SSSR count). The van der Waals surface area contributed by atoms with E-state index in [-0.39, 0.29) is 0 Å². The third-order valence-corrected chi connectivity index (χ3v) is 2.07. The van der Waals surface area contributed by atoms with Gasteiger partial charge in [-0.3, -0.25) is 4.79 Å². The molecule has 0 N–H and O–H groups in total. The van der Waals surface area contributed by atoms with E-state index in [1.807, 2.05) is 0 Å². The van der Waals surface area contributed by atoms with Crippen molar-refractivity contribution in [1.82, 2.24) is 4.98 Å². The molecule has 0 fully saturated rings. The van der Waals surface area contributed by atoms with E-state index >= 15 is 0 Å². The lowest BCUT2D eigenvalue weighted by atomic mass is 10.8. The molecular weight excluding hydrogens is 214 g/mol. The number of hydrogen-bond donors (Lipinski definition) is 0. The van der Waals surface area contributed by atoms with Gasteiger partial charge in [-0.15, -0.1) is 24.5 Å². The van der Waals surface area contributed by atoms with E-state index in [1.54, 1.807) is 5.38 Å². The zero-order valence-corrected chi connectivity index (χ0v) is 7.61. The van der Waals surface area contributed by atoms with E-state index in [0.717, 1.165) is 10.9 Å². The van der Waals surface area contributed by atoms with Crippen molar-refractivity contribution in [2.24, 2.45) is 0 Å². The Kier molecular flexibility index (Phi) is 5.06. The molecule has 0 bridgehead atoms. The highest BCUT2D eigenvalue weighted by Crippen LogP contribution is 2.12. The Bertz CT molecular complexity index is 211. The van der Waals surface area contributed by atoms with Gasteiger partial charge in [0.1, 0.15) is 4.60 Å². The number of carbonyl (C=O) groups excluding carboxylic acids is 1. The van der Waals surface area contributed by atoms with Gasteiger partial charge in [0.25, 0.3) is 0 Å². The summed E-state index contributed by atoms with van der Waals surface area (Å²) in [7, 11) is 0. The Labute approximate surface area is 71.7 Å². The summed E-state index contributed by atoms with van der Waals surface area (Å²) in [6.07, 6.45) is 0.732. The molecule has 1 heterocycles. The van der Waals surface area contributed by atoms with Crippen molar-refractivity contribution in [2.75, 3.05) is 0 Å². The second-order valence-electron chi connectivity index (χ2n) is 1.13. The van der Waals surface area contributed by atoms with Crippen LogP contribution in [-0.4, -0.2) is 11.3 Å². The highest BCUT2D eigenvalue weighted by atomic mass is 79.9. The van der Waals surface area contributed by atoms with E-state index in [1.165, 1.54) is 11.3 Å². The molecule has 0 saturated carbocycles. The highest BCUT2D eigenvalue weighted by molar-refractivity contribution is 9.10. The molecule has 0 unspecified atom stereocenters. The van der Waals surface area contributed by atoms with Gasteiger partial charge in [0.05, 0.1) is 0 Å². The Morgan fingerprint density at radius 1 is 1.70 bits per heavy atom. The quantitative estimate of drug-likeness (QED) is 0.537. The monoisotopic (exact) mass is 219 g/mol. The Morgan fingerprint density at radius 3 is 2.50 bits per heavy atom. The average molecular weight is 220 g/mol. The lowest BCUT2D eigenvalue weighted by molar-refractivity contribution is 0.112. The maximum atomic E-state index is 9.95. The summed E-state index contributed by atoms with van der Waals surface area (Å²) in [5, 5.41) is 2.28. The molecule has 0 radical (unpaired) electrons. The fourth-order valence-electron chi connectivity index (χ4n) is 0.321. The summed E-state index contributed by atoms with van der Waals surface area (Å²) in [6.45, 7) is 6.00. The lowest BCUT2D eigenvalue weighted by Crippen LogP contribution is -1.71. The number of aromatic nitrogens is 1. The topological polar surface area (TPSA) is 30.0 Å². The molecule has 0 aromatic carbocycles. The lowest BCUT2D eigenvalue weighted by Gasteiger charge is -1.68. The van der Waals surface area contributed by atoms with Crippen LogP contribution in [-0.2, 0) is 0 Å². The maximum Gasteiger partial charge on any atom is 0.178 e. The van der Waals surface area contributed by atoms with E-state index in [2.05, 4.69) is 34.1 Å². The summed E-state index contributed by atoms with van der Waals surface area (Å²) in [5.74, 6) is 0. The Balaban J connectivity index is 0.000000371. The summed E-state index contributed by atoms with van der Waals surface area (Å²) in [4.78, 5) is 13.7. The standard InChI is InChI=1S/C4H2BrNOS.C2H4/c5-3-2-8-4(1-7)6-3;1-2/h1-2H;1-2H2. The first-order valence-corrected chi connectivity index (χ1v) is 4.06. The Morgan fingerprint density at radius 2 is 2.30 bits per heavy atom. The average Bonchev–Trinajstić information content (AvgIpc) is 2.40. The van der Waals surface area contributed by atoms with Crippen molar-refractivity contribution in [1.29, 1.82) is 0 Å². The van der Waals surface area contributed by atoms with Crippen LogP contribution >= 0.6 is 27.3 Å². The van der Waals surface area contributed by atoms with Crippen LogP contribution in [0, 0.1) is 0 Å². The molecular formula is C6H6BrNOS. The van der Waals surface area contributed by atoms with Crippen LogP contribution in [0.1, 0.15) is 9.80 Å². The van der Waals surface area contributed by atoms with Crippen LogP contribution in [0.15, 0.2) is 23.1 Å². The summed E-state index contributed by atoms with van der Waals surface area (Å²) >= 11 is 4.44. The second-order valence-corrected chi connectivity index (χ2v) is 2.83. The highest BCUT2D eigenvalue weighted by Gasteiger charge is 1.93. The molecule has 0 amide bonds. The number of thiazole rings is 1. The Hall–Kier alpha value is -0.480. The first-order valence-electron chi connectivity index (χ1n) is 2.39. The minimum atomic E-state index is 0.511. The molecule has 1 aromatic heterocycles. The van der Waals surface area contributed by atoms with Crippen molar-refractivity contribution in [2.45, 2.75) is 0 Å². The number of aldehydes is 1. The van der Waals surface area contributed by atoms with Crippen LogP contribution < -0.4 is 0 Å². The zero-order valence-electron chi connectivity index (χ0n) is 5.21. The molecule has 0 saturated heterocycles. The zero-order chi connectivity index (χ0) is 7.98. The van der Waals surface area contributed by atoms with E-state index in [9.17, 15) is 4.79 Å². The summed E-state index contributed by atoms with van der Waals surface area (Å²) in [6, 6.07) is 0. The van der Waals surface area contributed by atoms with Crippen LogP contribution in [0.5, 0.6) is 0 Å². The van der Waals surface area contributed by atoms with E-state index in [4.69, 9.17) is 0 Å². The molecule has 10 heavy (non-hydrogen) atoms. The fourth-order valence-corrected chi connectivity index (χ4v) is 1.39. The van der Waals surface area contributed by atoms with Crippen LogP contribution in [0.3, 0.4) is 0 Å². The summed E-state index contributed by atoms with van der Waals surface area (Å²) in [5.41, 5.74) is 0. The van der Waals surface area contributed by atoms with Gasteiger partial charge >= 0.3 is 0 Å². The maximum absolute atomic E-state index is 9.95. The third kappa shape index (κ3) is 2.89. The minimum absolute atomic E-state index is 0.511. The minimum Gasteiger partial charge on any atom is -0.295 e. The van der Waals surface area contributed by atoms with Gasteiger partial charge in [-0.25, -0.2) is 4.98 Å². The molecule has 0 spiro atoms. The molecule has 0 atom stereocenters.